The molecule has 0 saturated carbocycles. The van der Waals surface area contributed by atoms with Gasteiger partial charge in [0.05, 0.1) is 12.9 Å². The molecule has 0 fully saturated rings. The maximum absolute atomic E-state index is 8.99. The van der Waals surface area contributed by atoms with Crippen LogP contribution in [0, 0.1) is 0 Å². The Kier molecular flexibility index (Phi) is 5.02. The van der Waals surface area contributed by atoms with Gasteiger partial charge in [-0.3, -0.25) is 0 Å². The molecule has 0 spiro atoms. The van der Waals surface area contributed by atoms with Crippen molar-refractivity contribution in [2.45, 2.75) is 26.1 Å². The molecule has 20 heavy (non-hydrogen) atoms. The first-order chi connectivity index (χ1) is 9.70. The summed E-state index contributed by atoms with van der Waals surface area (Å²) in [4.78, 5) is 0. The van der Waals surface area contributed by atoms with Crippen molar-refractivity contribution in [2.75, 3.05) is 6.61 Å². The lowest BCUT2D eigenvalue weighted by molar-refractivity contribution is 0.270. The van der Waals surface area contributed by atoms with Crippen LogP contribution in [0.15, 0.2) is 54.8 Å². The van der Waals surface area contributed by atoms with E-state index in [0.717, 1.165) is 29.9 Å². The number of fused-ring (bicyclic) bond motifs is 1. The van der Waals surface area contributed by atoms with Gasteiger partial charge in [0.1, 0.15) is 18.5 Å². The van der Waals surface area contributed by atoms with Crippen molar-refractivity contribution >= 4 is 0 Å². The predicted molar refractivity (Wildman–Crippen MR) is 79.5 cm³/mol. The first-order valence-corrected chi connectivity index (χ1v) is 6.68. The Morgan fingerprint density at radius 2 is 2.25 bits per heavy atom. The van der Waals surface area contributed by atoms with Gasteiger partial charge in [-0.25, -0.2) is 0 Å². The van der Waals surface area contributed by atoms with E-state index in [1.54, 1.807) is 6.26 Å². The van der Waals surface area contributed by atoms with Gasteiger partial charge >= 0.3 is 0 Å². The first-order valence-electron chi connectivity index (χ1n) is 6.68. The SMILES string of the molecule is C1=CCOC=C1.C=C(C)C1Cc2cc(CO)ccc2O1. The summed E-state index contributed by atoms with van der Waals surface area (Å²) >= 11 is 0. The van der Waals surface area contributed by atoms with Gasteiger partial charge in [-0.05, 0) is 47.9 Å². The Hall–Kier alpha value is -2.00. The average Bonchev–Trinajstić information content (AvgIpc) is 2.93. The molecule has 1 atom stereocenters. The summed E-state index contributed by atoms with van der Waals surface area (Å²) in [7, 11) is 0. The zero-order valence-electron chi connectivity index (χ0n) is 11.7. The minimum Gasteiger partial charge on any atom is -0.497 e. The summed E-state index contributed by atoms with van der Waals surface area (Å²) in [5.74, 6) is 0.926. The van der Waals surface area contributed by atoms with Crippen molar-refractivity contribution in [1.29, 1.82) is 0 Å². The molecule has 0 saturated heterocycles. The van der Waals surface area contributed by atoms with Gasteiger partial charge in [0.25, 0.3) is 0 Å². The third-order valence-corrected chi connectivity index (χ3v) is 3.15. The van der Waals surface area contributed by atoms with E-state index in [1.165, 1.54) is 5.56 Å². The molecule has 106 valence electrons. The largest absolute Gasteiger partial charge is 0.497 e. The van der Waals surface area contributed by atoms with E-state index < -0.39 is 0 Å². The highest BCUT2D eigenvalue weighted by Gasteiger charge is 2.23. The average molecular weight is 272 g/mol. The molecule has 2 aliphatic heterocycles. The van der Waals surface area contributed by atoms with E-state index in [9.17, 15) is 0 Å². The summed E-state index contributed by atoms with van der Waals surface area (Å²) in [5, 5.41) is 8.99. The Balaban J connectivity index is 0.000000205. The highest BCUT2D eigenvalue weighted by Crippen LogP contribution is 2.31. The monoisotopic (exact) mass is 272 g/mol. The van der Waals surface area contributed by atoms with Gasteiger partial charge in [-0.15, -0.1) is 0 Å². The third kappa shape index (κ3) is 3.75. The lowest BCUT2D eigenvalue weighted by Crippen LogP contribution is -2.13. The Bertz CT molecular complexity index is 517. The second-order valence-corrected chi connectivity index (χ2v) is 4.85. The van der Waals surface area contributed by atoms with Crippen LogP contribution in [0.5, 0.6) is 5.75 Å². The molecule has 1 aromatic rings. The molecule has 2 heterocycles. The maximum atomic E-state index is 8.99. The van der Waals surface area contributed by atoms with Crippen molar-refractivity contribution in [3.8, 4) is 5.75 Å². The quantitative estimate of drug-likeness (QED) is 0.841. The summed E-state index contributed by atoms with van der Waals surface area (Å²) in [5.41, 5.74) is 3.16. The lowest BCUT2D eigenvalue weighted by atomic mass is 10.0. The van der Waals surface area contributed by atoms with E-state index in [0.29, 0.717) is 0 Å². The highest BCUT2D eigenvalue weighted by molar-refractivity contribution is 5.42. The normalized spacial score (nSPS) is 18.4. The van der Waals surface area contributed by atoms with Crippen LogP contribution >= 0.6 is 0 Å². The van der Waals surface area contributed by atoms with Crippen LogP contribution in [-0.2, 0) is 17.8 Å². The molecule has 0 bridgehead atoms. The van der Waals surface area contributed by atoms with Crippen molar-refractivity contribution in [2.24, 2.45) is 0 Å². The number of aliphatic hydroxyl groups is 1. The number of aliphatic hydroxyl groups excluding tert-OH is 1. The number of benzene rings is 1. The van der Waals surface area contributed by atoms with Crippen LogP contribution in [0.3, 0.4) is 0 Å². The maximum Gasteiger partial charge on any atom is 0.123 e. The first kappa shape index (κ1) is 14.4. The molecule has 3 nitrogen and oxygen atoms in total. The van der Waals surface area contributed by atoms with Crippen molar-refractivity contribution in [1.82, 2.24) is 0 Å². The fourth-order valence-electron chi connectivity index (χ4n) is 2.02. The number of hydrogen-bond donors (Lipinski definition) is 1. The minimum absolute atomic E-state index is 0.0883. The number of hydrogen-bond acceptors (Lipinski definition) is 3. The zero-order chi connectivity index (χ0) is 14.4. The van der Waals surface area contributed by atoms with Crippen LogP contribution in [0.4, 0.5) is 0 Å². The highest BCUT2D eigenvalue weighted by atomic mass is 16.5. The molecule has 1 unspecified atom stereocenters. The Morgan fingerprint density at radius 3 is 2.75 bits per heavy atom. The summed E-state index contributed by atoms with van der Waals surface area (Å²) in [6.07, 6.45) is 8.45. The van der Waals surface area contributed by atoms with Crippen LogP contribution in [0.1, 0.15) is 18.1 Å². The van der Waals surface area contributed by atoms with Gasteiger partial charge in [0, 0.05) is 6.42 Å². The van der Waals surface area contributed by atoms with Gasteiger partial charge in [-0.1, -0.05) is 18.7 Å². The van der Waals surface area contributed by atoms with E-state index in [4.69, 9.17) is 14.6 Å². The molecule has 1 aromatic carbocycles. The molecule has 0 aliphatic carbocycles. The standard InChI is InChI=1S/C12H14O2.C5H6O/c1-8(2)12-6-10-5-9(7-13)3-4-11(10)14-12;1-2-4-6-5-3-1/h3-5,12-13H,1,6-7H2,2H3;1-4H,5H2. The molecule has 1 N–H and O–H groups in total. The summed E-state index contributed by atoms with van der Waals surface area (Å²) in [6.45, 7) is 6.69. The molecular weight excluding hydrogens is 252 g/mol. The lowest BCUT2D eigenvalue weighted by Gasteiger charge is -2.08. The Labute approximate surface area is 119 Å². The van der Waals surface area contributed by atoms with E-state index in [1.807, 2.05) is 43.4 Å². The van der Waals surface area contributed by atoms with Gasteiger partial charge < -0.3 is 14.6 Å². The molecule has 3 heteroatoms. The molecule has 2 aliphatic rings. The molecule has 3 rings (SSSR count). The number of allylic oxidation sites excluding steroid dienone is 2. The Morgan fingerprint density at radius 1 is 1.40 bits per heavy atom. The molecule has 0 aromatic heterocycles. The van der Waals surface area contributed by atoms with Crippen LogP contribution in [-0.4, -0.2) is 17.8 Å². The minimum atomic E-state index is 0.0883. The smallest absolute Gasteiger partial charge is 0.123 e. The van der Waals surface area contributed by atoms with Crippen LogP contribution in [0.2, 0.25) is 0 Å². The van der Waals surface area contributed by atoms with E-state index in [2.05, 4.69) is 6.58 Å². The molecular formula is C17H20O3. The van der Waals surface area contributed by atoms with E-state index >= 15 is 0 Å². The van der Waals surface area contributed by atoms with Crippen molar-refractivity contribution < 1.29 is 14.6 Å². The fourth-order valence-corrected chi connectivity index (χ4v) is 2.02. The topological polar surface area (TPSA) is 38.7 Å². The zero-order valence-corrected chi connectivity index (χ0v) is 11.7. The molecule has 0 amide bonds. The van der Waals surface area contributed by atoms with Crippen LogP contribution < -0.4 is 4.74 Å². The summed E-state index contributed by atoms with van der Waals surface area (Å²) < 4.78 is 10.5. The van der Waals surface area contributed by atoms with Gasteiger partial charge in [-0.2, -0.15) is 0 Å². The number of ether oxygens (including phenoxy) is 2. The second kappa shape index (κ2) is 6.96. The number of rotatable bonds is 2. The van der Waals surface area contributed by atoms with E-state index in [-0.39, 0.29) is 12.7 Å². The van der Waals surface area contributed by atoms with Crippen molar-refractivity contribution in [3.05, 3.63) is 66.0 Å². The fraction of sp³-hybridized carbons (Fsp3) is 0.294. The summed E-state index contributed by atoms with van der Waals surface area (Å²) in [6, 6.07) is 5.81. The third-order valence-electron chi connectivity index (χ3n) is 3.15. The van der Waals surface area contributed by atoms with Gasteiger partial charge in [0.2, 0.25) is 0 Å². The van der Waals surface area contributed by atoms with Crippen molar-refractivity contribution in [3.63, 3.8) is 0 Å². The predicted octanol–water partition coefficient (Wildman–Crippen LogP) is 3.15. The van der Waals surface area contributed by atoms with Crippen LogP contribution in [0.25, 0.3) is 0 Å². The van der Waals surface area contributed by atoms with Gasteiger partial charge in [0.15, 0.2) is 0 Å². The second-order valence-electron chi connectivity index (χ2n) is 4.85. The molecule has 0 radical (unpaired) electrons.